The molecule has 3 rings (SSSR count). The van der Waals surface area contributed by atoms with Crippen molar-refractivity contribution in [3.05, 3.63) is 61.4 Å². The lowest BCUT2D eigenvalue weighted by Crippen LogP contribution is -2.27. The molecule has 2 heterocycles. The second-order valence-electron chi connectivity index (χ2n) is 4.32. The van der Waals surface area contributed by atoms with Crippen molar-refractivity contribution >= 4 is 34.3 Å². The summed E-state index contributed by atoms with van der Waals surface area (Å²) in [6.07, 6.45) is 1.29. The lowest BCUT2D eigenvalue weighted by atomic mass is 10.3. The van der Waals surface area contributed by atoms with Crippen LogP contribution in [0, 0.1) is 0 Å². The molecule has 0 atom stereocenters. The maximum atomic E-state index is 11.9. The van der Waals surface area contributed by atoms with Gasteiger partial charge in [-0.3, -0.25) is 9.36 Å². The highest BCUT2D eigenvalue weighted by molar-refractivity contribution is 6.41. The summed E-state index contributed by atoms with van der Waals surface area (Å²) in [6, 6.07) is 7.06. The topological polar surface area (TPSA) is 70.0 Å². The van der Waals surface area contributed by atoms with E-state index in [2.05, 4.69) is 5.10 Å². The number of aromatic nitrogens is 3. The maximum absolute atomic E-state index is 11.9. The van der Waals surface area contributed by atoms with Crippen molar-refractivity contribution in [1.82, 2.24) is 14.3 Å². The number of hydrogen-bond donors (Lipinski definition) is 0. The van der Waals surface area contributed by atoms with Crippen LogP contribution in [0.4, 0.5) is 0 Å². The first-order valence-corrected chi connectivity index (χ1v) is 6.83. The number of hydrogen-bond acceptors (Lipinski definition) is 4. The summed E-state index contributed by atoms with van der Waals surface area (Å²) in [5.41, 5.74) is 0.664. The zero-order valence-corrected chi connectivity index (χ0v) is 12.1. The average molecular weight is 326 g/mol. The number of benzene rings is 1. The predicted octanol–water partition coefficient (Wildman–Crippen LogP) is 2.16. The molecule has 1 aromatic carbocycles. The first-order chi connectivity index (χ1) is 10.1. The highest BCUT2D eigenvalue weighted by atomic mass is 35.5. The van der Waals surface area contributed by atoms with Gasteiger partial charge < -0.3 is 4.42 Å². The highest BCUT2D eigenvalue weighted by Gasteiger charge is 2.11. The number of nitrogens with zero attached hydrogens (tertiary/aromatic N) is 3. The van der Waals surface area contributed by atoms with Crippen molar-refractivity contribution in [3.8, 4) is 0 Å². The molecule has 108 valence electrons. The Morgan fingerprint density at radius 2 is 1.90 bits per heavy atom. The molecule has 0 aliphatic heterocycles. The second kappa shape index (κ2) is 5.38. The third kappa shape index (κ3) is 2.48. The van der Waals surface area contributed by atoms with E-state index in [1.807, 2.05) is 0 Å². The van der Waals surface area contributed by atoms with Crippen molar-refractivity contribution < 1.29 is 4.42 Å². The first kappa shape index (κ1) is 13.9. The smallest absolute Gasteiger partial charge is 0.408 e. The Balaban J connectivity index is 1.94. The van der Waals surface area contributed by atoms with E-state index in [-0.39, 0.29) is 23.1 Å². The van der Waals surface area contributed by atoms with Crippen molar-refractivity contribution in [1.29, 1.82) is 0 Å². The Morgan fingerprint density at radius 1 is 1.14 bits per heavy atom. The molecule has 0 spiro atoms. The van der Waals surface area contributed by atoms with Crippen LogP contribution in [0.25, 0.3) is 11.1 Å². The van der Waals surface area contributed by atoms with Crippen LogP contribution < -0.4 is 11.3 Å². The van der Waals surface area contributed by atoms with Gasteiger partial charge >= 0.3 is 5.76 Å². The van der Waals surface area contributed by atoms with Gasteiger partial charge in [-0.1, -0.05) is 35.3 Å². The van der Waals surface area contributed by atoms with E-state index in [4.69, 9.17) is 27.6 Å². The van der Waals surface area contributed by atoms with Gasteiger partial charge in [0, 0.05) is 6.54 Å². The van der Waals surface area contributed by atoms with Crippen LogP contribution in [0.15, 0.2) is 44.5 Å². The minimum atomic E-state index is -0.495. The quantitative estimate of drug-likeness (QED) is 0.739. The normalized spacial score (nSPS) is 11.1. The Labute approximate surface area is 128 Å². The second-order valence-corrected chi connectivity index (χ2v) is 5.11. The van der Waals surface area contributed by atoms with E-state index in [0.29, 0.717) is 11.1 Å². The van der Waals surface area contributed by atoms with E-state index in [1.54, 1.807) is 24.3 Å². The molecule has 0 amide bonds. The van der Waals surface area contributed by atoms with Gasteiger partial charge in [-0.05, 0) is 12.1 Å². The van der Waals surface area contributed by atoms with Gasteiger partial charge in [0.15, 0.2) is 5.58 Å². The van der Waals surface area contributed by atoms with Gasteiger partial charge in [-0.25, -0.2) is 9.48 Å². The Hall–Kier alpha value is -2.05. The van der Waals surface area contributed by atoms with Crippen LogP contribution in [0.1, 0.15) is 0 Å². The van der Waals surface area contributed by atoms with Gasteiger partial charge in [-0.15, -0.1) is 0 Å². The Morgan fingerprint density at radius 3 is 2.71 bits per heavy atom. The van der Waals surface area contributed by atoms with Crippen LogP contribution in [0.5, 0.6) is 0 Å². The fraction of sp³-hybridized carbons (Fsp3) is 0.154. The van der Waals surface area contributed by atoms with E-state index in [9.17, 15) is 9.59 Å². The van der Waals surface area contributed by atoms with Crippen LogP contribution in [0.2, 0.25) is 10.0 Å². The zero-order chi connectivity index (χ0) is 15.0. The maximum Gasteiger partial charge on any atom is 0.420 e. The number of fused-ring (bicyclic) bond motifs is 1. The van der Waals surface area contributed by atoms with Crippen LogP contribution in [-0.2, 0) is 13.1 Å². The summed E-state index contributed by atoms with van der Waals surface area (Å²) in [5.74, 6) is -0.482. The van der Waals surface area contributed by atoms with Gasteiger partial charge in [-0.2, -0.15) is 5.10 Å². The molecule has 0 aliphatic rings. The molecular formula is C13H9Cl2N3O3. The van der Waals surface area contributed by atoms with Crippen LogP contribution >= 0.6 is 23.2 Å². The van der Waals surface area contributed by atoms with Crippen molar-refractivity contribution in [3.63, 3.8) is 0 Å². The van der Waals surface area contributed by atoms with Crippen molar-refractivity contribution in [2.24, 2.45) is 0 Å². The molecule has 6 nitrogen and oxygen atoms in total. The molecule has 0 saturated heterocycles. The lowest BCUT2D eigenvalue weighted by molar-refractivity contribution is 0.462. The Bertz CT molecular complexity index is 926. The van der Waals surface area contributed by atoms with Crippen molar-refractivity contribution in [2.75, 3.05) is 0 Å². The molecule has 0 bridgehead atoms. The molecule has 0 fully saturated rings. The van der Waals surface area contributed by atoms with E-state index >= 15 is 0 Å². The minimum Gasteiger partial charge on any atom is -0.408 e. The van der Waals surface area contributed by atoms with Gasteiger partial charge in [0.25, 0.3) is 5.56 Å². The summed E-state index contributed by atoms with van der Waals surface area (Å²) in [6.45, 7) is 0.417. The molecule has 0 radical (unpaired) electrons. The summed E-state index contributed by atoms with van der Waals surface area (Å²) >= 11 is 11.5. The average Bonchev–Trinajstić information content (AvgIpc) is 2.80. The molecule has 3 aromatic rings. The fourth-order valence-corrected chi connectivity index (χ4v) is 2.30. The summed E-state index contributed by atoms with van der Waals surface area (Å²) in [7, 11) is 0. The number of para-hydroxylation sites is 2. The first-order valence-electron chi connectivity index (χ1n) is 6.07. The monoisotopic (exact) mass is 325 g/mol. The summed E-state index contributed by atoms with van der Waals surface area (Å²) in [4.78, 5) is 23.7. The largest absolute Gasteiger partial charge is 0.420 e. The minimum absolute atomic E-state index is 0.0870. The summed E-state index contributed by atoms with van der Waals surface area (Å²) in [5, 5.41) is 3.90. The molecule has 0 unspecified atom stereocenters. The number of rotatable bonds is 3. The molecule has 8 heteroatoms. The SMILES string of the molecule is O=c1c(Cl)c(Cl)cnn1CCn1c(=O)oc2ccccc21. The summed E-state index contributed by atoms with van der Waals surface area (Å²) < 4.78 is 7.70. The molecule has 0 N–H and O–H groups in total. The Kier molecular flexibility index (Phi) is 3.57. The van der Waals surface area contributed by atoms with Gasteiger partial charge in [0.2, 0.25) is 0 Å². The molecular weight excluding hydrogens is 317 g/mol. The van der Waals surface area contributed by atoms with Crippen molar-refractivity contribution in [2.45, 2.75) is 13.1 Å². The fourth-order valence-electron chi connectivity index (χ4n) is 2.02. The van der Waals surface area contributed by atoms with Crippen LogP contribution in [0.3, 0.4) is 0 Å². The van der Waals surface area contributed by atoms with Gasteiger partial charge in [0.05, 0.1) is 23.3 Å². The third-order valence-electron chi connectivity index (χ3n) is 3.05. The number of halogens is 2. The molecule has 2 aromatic heterocycles. The highest BCUT2D eigenvalue weighted by Crippen LogP contribution is 2.15. The molecule has 21 heavy (non-hydrogen) atoms. The number of aryl methyl sites for hydroxylation is 2. The van der Waals surface area contributed by atoms with E-state index in [0.717, 1.165) is 4.68 Å². The van der Waals surface area contributed by atoms with Gasteiger partial charge in [0.1, 0.15) is 5.02 Å². The van der Waals surface area contributed by atoms with Crippen LogP contribution in [-0.4, -0.2) is 14.3 Å². The zero-order valence-electron chi connectivity index (χ0n) is 10.6. The standard InChI is InChI=1S/C13H9Cl2N3O3/c14-8-7-16-18(12(19)11(8)15)6-5-17-9-3-1-2-4-10(9)21-13(17)20/h1-4,7H,5-6H2. The molecule has 0 aliphatic carbocycles. The third-order valence-corrected chi connectivity index (χ3v) is 3.80. The van der Waals surface area contributed by atoms with E-state index < -0.39 is 11.3 Å². The predicted molar refractivity (Wildman–Crippen MR) is 79.0 cm³/mol. The van der Waals surface area contributed by atoms with E-state index in [1.165, 1.54) is 10.8 Å². The number of oxazole rings is 1. The lowest BCUT2D eigenvalue weighted by Gasteiger charge is -2.06. The molecule has 0 saturated carbocycles.